The van der Waals surface area contributed by atoms with Crippen molar-refractivity contribution in [2.75, 3.05) is 0 Å². The first-order valence-corrected chi connectivity index (χ1v) is 3.30. The average molecular weight is 127 g/mol. The third-order valence-corrected chi connectivity index (χ3v) is 1.31. The van der Waals surface area contributed by atoms with Crippen LogP contribution in [-0.4, -0.2) is 11.2 Å². The molecule has 1 N–H and O–H groups in total. The molecule has 0 fully saturated rings. The lowest BCUT2D eigenvalue weighted by molar-refractivity contribution is 0.128. The summed E-state index contributed by atoms with van der Waals surface area (Å²) in [6, 6.07) is 0. The smallest absolute Gasteiger partial charge is 0.0597 e. The maximum Gasteiger partial charge on any atom is 0.0597 e. The van der Waals surface area contributed by atoms with E-state index in [0.29, 0.717) is 5.92 Å². The van der Waals surface area contributed by atoms with Crippen molar-refractivity contribution < 1.29 is 5.11 Å². The highest BCUT2D eigenvalue weighted by Crippen LogP contribution is 2.05. The normalized spacial score (nSPS) is 15.2. The molecule has 0 aromatic rings. The molecule has 0 aromatic heterocycles. The van der Waals surface area contributed by atoms with Gasteiger partial charge in [0.15, 0.2) is 0 Å². The molecule has 1 radical (unpaired) electrons. The van der Waals surface area contributed by atoms with Crippen LogP contribution in [0.3, 0.4) is 0 Å². The molecule has 0 saturated heterocycles. The molecular weight excluding hydrogens is 112 g/mol. The zero-order valence-electron chi connectivity index (χ0n) is 6.17. The topological polar surface area (TPSA) is 20.2 Å². The van der Waals surface area contributed by atoms with E-state index in [1.54, 1.807) is 6.08 Å². The summed E-state index contributed by atoms with van der Waals surface area (Å²) in [6.45, 7) is 7.53. The Hall–Kier alpha value is -0.300. The van der Waals surface area contributed by atoms with Crippen molar-refractivity contribution in [3.8, 4) is 0 Å². The van der Waals surface area contributed by atoms with Crippen LogP contribution in [0.2, 0.25) is 0 Å². The Morgan fingerprint density at radius 1 is 1.56 bits per heavy atom. The Morgan fingerprint density at radius 2 is 2.11 bits per heavy atom. The van der Waals surface area contributed by atoms with Crippen LogP contribution < -0.4 is 0 Å². The maximum absolute atomic E-state index is 9.18. The molecule has 9 heavy (non-hydrogen) atoms. The van der Waals surface area contributed by atoms with Crippen LogP contribution in [0.1, 0.15) is 20.3 Å². The van der Waals surface area contributed by atoms with Gasteiger partial charge in [-0.3, -0.25) is 0 Å². The van der Waals surface area contributed by atoms with Crippen LogP contribution in [0.15, 0.2) is 12.2 Å². The summed E-state index contributed by atoms with van der Waals surface area (Å²) >= 11 is 0. The molecular formula is C8H15O. The highest BCUT2D eigenvalue weighted by atomic mass is 16.3. The fraction of sp³-hybridized carbons (Fsp3) is 0.625. The van der Waals surface area contributed by atoms with Crippen LogP contribution in [0.4, 0.5) is 0 Å². The lowest BCUT2D eigenvalue weighted by Crippen LogP contribution is -2.12. The summed E-state index contributed by atoms with van der Waals surface area (Å²) in [7, 11) is 0. The molecule has 0 amide bonds. The Labute approximate surface area is 57.4 Å². The van der Waals surface area contributed by atoms with E-state index in [1.807, 2.05) is 19.9 Å². The fourth-order valence-electron chi connectivity index (χ4n) is 0.508. The van der Waals surface area contributed by atoms with Crippen molar-refractivity contribution in [2.24, 2.45) is 5.92 Å². The quantitative estimate of drug-likeness (QED) is 0.612. The van der Waals surface area contributed by atoms with Gasteiger partial charge in [-0.1, -0.05) is 26.0 Å². The van der Waals surface area contributed by atoms with Crippen molar-refractivity contribution in [1.82, 2.24) is 0 Å². The van der Waals surface area contributed by atoms with Gasteiger partial charge in [-0.05, 0) is 19.3 Å². The molecule has 0 aliphatic rings. The third kappa shape index (κ3) is 4.22. The average Bonchev–Trinajstić information content (AvgIpc) is 1.82. The summed E-state index contributed by atoms with van der Waals surface area (Å²) in [4.78, 5) is 0. The predicted molar refractivity (Wildman–Crippen MR) is 40.0 cm³/mol. The number of rotatable bonds is 3. The Bertz CT molecular complexity index is 84.6. The molecule has 0 spiro atoms. The zero-order chi connectivity index (χ0) is 7.28. The second-order valence-electron chi connectivity index (χ2n) is 2.52. The van der Waals surface area contributed by atoms with Gasteiger partial charge in [0.05, 0.1) is 6.10 Å². The first-order valence-electron chi connectivity index (χ1n) is 3.30. The number of aliphatic hydroxyl groups excluding tert-OH is 1. The second kappa shape index (κ2) is 4.57. The number of aliphatic hydroxyl groups is 1. The van der Waals surface area contributed by atoms with Gasteiger partial charge in [0.1, 0.15) is 0 Å². The van der Waals surface area contributed by atoms with E-state index in [1.165, 1.54) is 0 Å². The summed E-state index contributed by atoms with van der Waals surface area (Å²) in [6.07, 6.45) is 4.11. The minimum atomic E-state index is -0.206. The zero-order valence-corrected chi connectivity index (χ0v) is 6.17. The van der Waals surface area contributed by atoms with Crippen LogP contribution in [0.5, 0.6) is 0 Å². The van der Waals surface area contributed by atoms with Crippen LogP contribution in [0, 0.1) is 12.8 Å². The van der Waals surface area contributed by atoms with Crippen molar-refractivity contribution >= 4 is 0 Å². The molecule has 1 atom stereocenters. The fourth-order valence-corrected chi connectivity index (χ4v) is 0.508. The minimum Gasteiger partial charge on any atom is -0.393 e. The molecule has 0 heterocycles. The molecule has 1 unspecified atom stereocenters. The molecule has 1 nitrogen and oxygen atoms in total. The van der Waals surface area contributed by atoms with Gasteiger partial charge in [-0.15, -0.1) is 0 Å². The van der Waals surface area contributed by atoms with Gasteiger partial charge in [0.25, 0.3) is 0 Å². The lowest BCUT2D eigenvalue weighted by Gasteiger charge is -2.10. The van der Waals surface area contributed by atoms with Crippen LogP contribution in [-0.2, 0) is 0 Å². The van der Waals surface area contributed by atoms with Crippen molar-refractivity contribution in [3.05, 3.63) is 19.1 Å². The molecule has 0 aromatic carbocycles. The largest absolute Gasteiger partial charge is 0.393 e. The van der Waals surface area contributed by atoms with Crippen LogP contribution >= 0.6 is 0 Å². The monoisotopic (exact) mass is 127 g/mol. The van der Waals surface area contributed by atoms with Gasteiger partial charge >= 0.3 is 0 Å². The summed E-state index contributed by atoms with van der Waals surface area (Å²) in [5, 5.41) is 9.18. The molecule has 0 aliphatic carbocycles. The van der Waals surface area contributed by atoms with Crippen molar-refractivity contribution in [2.45, 2.75) is 26.4 Å². The Morgan fingerprint density at radius 3 is 2.44 bits per heavy atom. The summed E-state index contributed by atoms with van der Waals surface area (Å²) in [5.41, 5.74) is 0. The van der Waals surface area contributed by atoms with Gasteiger partial charge in [0.2, 0.25) is 0 Å². The highest BCUT2D eigenvalue weighted by Gasteiger charge is 2.04. The predicted octanol–water partition coefficient (Wildman–Crippen LogP) is 1.78. The molecule has 53 valence electrons. The SMILES string of the molecule is [CH2]/C=C/CC(O)C(C)C. The van der Waals surface area contributed by atoms with E-state index in [2.05, 4.69) is 6.92 Å². The van der Waals surface area contributed by atoms with E-state index in [0.717, 1.165) is 6.42 Å². The number of hydrogen-bond acceptors (Lipinski definition) is 1. The van der Waals surface area contributed by atoms with Gasteiger partial charge < -0.3 is 5.11 Å². The van der Waals surface area contributed by atoms with E-state index in [4.69, 9.17) is 0 Å². The van der Waals surface area contributed by atoms with E-state index in [-0.39, 0.29) is 6.10 Å². The standard InChI is InChI=1S/C8H15O/c1-4-5-6-8(9)7(2)3/h4-5,7-9H,1,6H2,2-3H3/b5-4+. The molecule has 1 heteroatoms. The summed E-state index contributed by atoms with van der Waals surface area (Å²) < 4.78 is 0. The van der Waals surface area contributed by atoms with E-state index in [9.17, 15) is 5.11 Å². The van der Waals surface area contributed by atoms with Crippen molar-refractivity contribution in [1.29, 1.82) is 0 Å². The minimum absolute atomic E-state index is 0.206. The Balaban J connectivity index is 3.38. The van der Waals surface area contributed by atoms with Crippen LogP contribution in [0.25, 0.3) is 0 Å². The Kier molecular flexibility index (Phi) is 4.41. The molecule has 0 rings (SSSR count). The maximum atomic E-state index is 9.18. The van der Waals surface area contributed by atoms with Gasteiger partial charge in [-0.2, -0.15) is 0 Å². The molecule has 0 bridgehead atoms. The number of allylic oxidation sites excluding steroid dienone is 1. The first kappa shape index (κ1) is 8.70. The molecule has 0 aliphatic heterocycles. The number of hydrogen-bond donors (Lipinski definition) is 1. The van der Waals surface area contributed by atoms with Gasteiger partial charge in [-0.25, -0.2) is 0 Å². The summed E-state index contributed by atoms with van der Waals surface area (Å²) in [5.74, 6) is 0.348. The van der Waals surface area contributed by atoms with Crippen molar-refractivity contribution in [3.63, 3.8) is 0 Å². The van der Waals surface area contributed by atoms with E-state index >= 15 is 0 Å². The highest BCUT2D eigenvalue weighted by molar-refractivity contribution is 4.86. The molecule has 0 saturated carbocycles. The third-order valence-electron chi connectivity index (χ3n) is 1.31. The lowest BCUT2D eigenvalue weighted by atomic mass is 10.0. The second-order valence-corrected chi connectivity index (χ2v) is 2.52. The first-order chi connectivity index (χ1) is 4.18. The van der Waals surface area contributed by atoms with E-state index < -0.39 is 0 Å². The van der Waals surface area contributed by atoms with Gasteiger partial charge in [0, 0.05) is 0 Å².